The highest BCUT2D eigenvalue weighted by molar-refractivity contribution is 9.10. The van der Waals surface area contributed by atoms with Crippen LogP contribution in [0.25, 0.3) is 0 Å². The summed E-state index contributed by atoms with van der Waals surface area (Å²) in [4.78, 5) is 24.6. The van der Waals surface area contributed by atoms with Gasteiger partial charge >= 0.3 is 0 Å². The van der Waals surface area contributed by atoms with E-state index in [0.717, 1.165) is 0 Å². The average Bonchev–Trinajstić information content (AvgIpc) is 2.71. The molecule has 1 atom stereocenters. The van der Waals surface area contributed by atoms with Crippen molar-refractivity contribution in [2.24, 2.45) is 0 Å². The largest absolute Gasteiger partial charge is 0.375 e. The molecule has 0 aliphatic carbocycles. The quantitative estimate of drug-likeness (QED) is 0.801. The second-order valence-corrected chi connectivity index (χ2v) is 6.37. The van der Waals surface area contributed by atoms with Crippen molar-refractivity contribution >= 4 is 44.9 Å². The summed E-state index contributed by atoms with van der Waals surface area (Å²) < 4.78 is 0.619. The van der Waals surface area contributed by atoms with Crippen LogP contribution in [0.4, 0.5) is 5.69 Å². The predicted octanol–water partition coefficient (Wildman–Crippen LogP) is 3.52. The molecule has 0 spiro atoms. The fourth-order valence-electron chi connectivity index (χ4n) is 2.51. The van der Waals surface area contributed by atoms with Gasteiger partial charge in [0, 0.05) is 26.3 Å². The second kappa shape index (κ2) is 5.50. The van der Waals surface area contributed by atoms with Gasteiger partial charge in [-0.2, -0.15) is 0 Å². The lowest BCUT2D eigenvalue weighted by Gasteiger charge is -2.20. The molecule has 0 saturated carbocycles. The number of carbonyl (C=O) groups is 2. The van der Waals surface area contributed by atoms with E-state index < -0.39 is 11.5 Å². The number of ketones is 1. The monoisotopic (exact) mass is 379 g/mol. The minimum Gasteiger partial charge on any atom is -0.375 e. The van der Waals surface area contributed by atoms with Crippen LogP contribution in [0.1, 0.15) is 22.3 Å². The Kier molecular flexibility index (Phi) is 3.80. The van der Waals surface area contributed by atoms with Crippen LogP contribution < -0.4 is 5.32 Å². The number of rotatable bonds is 3. The van der Waals surface area contributed by atoms with Gasteiger partial charge in [0.25, 0.3) is 5.91 Å². The predicted molar refractivity (Wildman–Crippen MR) is 87.1 cm³/mol. The Morgan fingerprint density at radius 1 is 1.27 bits per heavy atom. The zero-order chi connectivity index (χ0) is 15.9. The number of aliphatic hydroxyl groups is 1. The van der Waals surface area contributed by atoms with Crippen LogP contribution in [0.5, 0.6) is 0 Å². The second-order valence-electron chi connectivity index (χ2n) is 5.08. The SMILES string of the molecule is O=C(C[C@]1(O)C(=O)Nc2ccc(Cl)cc21)c1ccccc1Br. The molecule has 2 aromatic rings. The summed E-state index contributed by atoms with van der Waals surface area (Å²) in [5, 5.41) is 13.7. The minimum atomic E-state index is -1.91. The van der Waals surface area contributed by atoms with Gasteiger partial charge in [0.05, 0.1) is 6.42 Å². The Morgan fingerprint density at radius 2 is 2.00 bits per heavy atom. The highest BCUT2D eigenvalue weighted by Crippen LogP contribution is 2.40. The molecule has 2 aromatic carbocycles. The fourth-order valence-corrected chi connectivity index (χ4v) is 3.18. The van der Waals surface area contributed by atoms with Crippen molar-refractivity contribution in [3.8, 4) is 0 Å². The third-order valence-electron chi connectivity index (χ3n) is 3.64. The van der Waals surface area contributed by atoms with E-state index in [9.17, 15) is 14.7 Å². The van der Waals surface area contributed by atoms with Crippen molar-refractivity contribution in [3.05, 3.63) is 63.1 Å². The molecule has 0 bridgehead atoms. The zero-order valence-corrected chi connectivity index (χ0v) is 13.6. The van der Waals surface area contributed by atoms with Crippen LogP contribution >= 0.6 is 27.5 Å². The lowest BCUT2D eigenvalue weighted by Crippen LogP contribution is -2.36. The van der Waals surface area contributed by atoms with Gasteiger partial charge in [-0.15, -0.1) is 0 Å². The van der Waals surface area contributed by atoms with Crippen molar-refractivity contribution in [1.29, 1.82) is 0 Å². The summed E-state index contributed by atoms with van der Waals surface area (Å²) in [6.07, 6.45) is -0.352. The van der Waals surface area contributed by atoms with Crippen LogP contribution in [0.3, 0.4) is 0 Å². The molecule has 4 nitrogen and oxygen atoms in total. The Bertz CT molecular complexity index is 793. The third-order valence-corrected chi connectivity index (χ3v) is 4.57. The molecule has 112 valence electrons. The molecular formula is C16H11BrClNO3. The molecule has 1 heterocycles. The van der Waals surface area contributed by atoms with E-state index in [-0.39, 0.29) is 12.2 Å². The Hall–Kier alpha value is -1.69. The summed E-state index contributed by atoms with van der Waals surface area (Å²) in [5.74, 6) is -0.955. The molecule has 1 amide bonds. The Morgan fingerprint density at radius 3 is 2.73 bits per heavy atom. The van der Waals surface area contributed by atoms with Crippen LogP contribution in [0, 0.1) is 0 Å². The third kappa shape index (κ3) is 2.45. The molecule has 6 heteroatoms. The molecule has 0 fully saturated rings. The van der Waals surface area contributed by atoms with Gasteiger partial charge in [-0.1, -0.05) is 45.7 Å². The smallest absolute Gasteiger partial charge is 0.261 e. The molecule has 0 saturated heterocycles. The molecule has 0 radical (unpaired) electrons. The van der Waals surface area contributed by atoms with E-state index in [1.54, 1.807) is 36.4 Å². The number of halogens is 2. The van der Waals surface area contributed by atoms with Crippen molar-refractivity contribution in [1.82, 2.24) is 0 Å². The molecule has 0 unspecified atom stereocenters. The number of hydrogen-bond donors (Lipinski definition) is 2. The number of carbonyl (C=O) groups excluding carboxylic acids is 2. The molecule has 1 aliphatic rings. The van der Waals surface area contributed by atoms with Gasteiger partial charge in [-0.05, 0) is 24.3 Å². The summed E-state index contributed by atoms with van der Waals surface area (Å²) in [6, 6.07) is 11.6. The van der Waals surface area contributed by atoms with Gasteiger partial charge in [0.15, 0.2) is 11.4 Å². The van der Waals surface area contributed by atoms with E-state index in [4.69, 9.17) is 11.6 Å². The molecule has 22 heavy (non-hydrogen) atoms. The number of anilines is 1. The number of benzene rings is 2. The van der Waals surface area contributed by atoms with Crippen molar-refractivity contribution in [2.45, 2.75) is 12.0 Å². The maximum absolute atomic E-state index is 12.5. The minimum absolute atomic E-state index is 0.324. The number of nitrogens with one attached hydrogen (secondary N) is 1. The summed E-state index contributed by atoms with van der Waals surface area (Å²) in [5.41, 5.74) is -0.700. The van der Waals surface area contributed by atoms with Gasteiger partial charge in [-0.25, -0.2) is 0 Å². The zero-order valence-electron chi connectivity index (χ0n) is 11.3. The summed E-state index contributed by atoms with van der Waals surface area (Å²) in [6.45, 7) is 0. The van der Waals surface area contributed by atoms with E-state index >= 15 is 0 Å². The first kappa shape index (κ1) is 15.2. The summed E-state index contributed by atoms with van der Waals surface area (Å²) in [7, 11) is 0. The van der Waals surface area contributed by atoms with Gasteiger partial charge < -0.3 is 10.4 Å². The van der Waals surface area contributed by atoms with Crippen LogP contribution in [-0.2, 0) is 10.4 Å². The molecular weight excluding hydrogens is 370 g/mol. The van der Waals surface area contributed by atoms with E-state index in [0.29, 0.717) is 26.3 Å². The molecule has 0 aromatic heterocycles. The van der Waals surface area contributed by atoms with E-state index in [2.05, 4.69) is 21.2 Å². The van der Waals surface area contributed by atoms with Crippen molar-refractivity contribution in [3.63, 3.8) is 0 Å². The van der Waals surface area contributed by atoms with Gasteiger partial charge in [-0.3, -0.25) is 9.59 Å². The first-order valence-corrected chi connectivity index (χ1v) is 7.70. The van der Waals surface area contributed by atoms with E-state index in [1.807, 2.05) is 0 Å². The number of Topliss-reactive ketones (excluding diaryl/α,β-unsaturated/α-hetero) is 1. The average molecular weight is 381 g/mol. The first-order chi connectivity index (χ1) is 10.4. The molecule has 1 aliphatic heterocycles. The van der Waals surface area contributed by atoms with Gasteiger partial charge in [0.2, 0.25) is 0 Å². The number of fused-ring (bicyclic) bond motifs is 1. The van der Waals surface area contributed by atoms with Crippen molar-refractivity contribution < 1.29 is 14.7 Å². The maximum Gasteiger partial charge on any atom is 0.261 e. The lowest BCUT2D eigenvalue weighted by atomic mass is 9.88. The van der Waals surface area contributed by atoms with E-state index in [1.165, 1.54) is 6.07 Å². The lowest BCUT2D eigenvalue weighted by molar-refractivity contribution is -0.133. The summed E-state index contributed by atoms with van der Waals surface area (Å²) >= 11 is 9.23. The highest BCUT2D eigenvalue weighted by Gasteiger charge is 2.47. The van der Waals surface area contributed by atoms with Gasteiger partial charge in [0.1, 0.15) is 0 Å². The Balaban J connectivity index is 1.98. The highest BCUT2D eigenvalue weighted by atomic mass is 79.9. The Labute approximate surface area is 140 Å². The van der Waals surface area contributed by atoms with Crippen molar-refractivity contribution in [2.75, 3.05) is 5.32 Å². The van der Waals surface area contributed by atoms with Crippen LogP contribution in [0.15, 0.2) is 46.9 Å². The van der Waals surface area contributed by atoms with Crippen LogP contribution in [-0.4, -0.2) is 16.8 Å². The standard InChI is InChI=1S/C16H11BrClNO3/c17-12-4-2-1-3-10(12)14(20)8-16(22)11-7-9(18)5-6-13(11)19-15(16)21/h1-7,22H,8H2,(H,19,21)/t16-/m1/s1. The first-order valence-electron chi connectivity index (χ1n) is 6.53. The molecule has 3 rings (SSSR count). The topological polar surface area (TPSA) is 66.4 Å². The fraction of sp³-hybridized carbons (Fsp3) is 0.125. The normalized spacial score (nSPS) is 19.7. The number of amides is 1. The maximum atomic E-state index is 12.5. The number of hydrogen-bond acceptors (Lipinski definition) is 3. The van der Waals surface area contributed by atoms with Crippen LogP contribution in [0.2, 0.25) is 5.02 Å². The molecule has 2 N–H and O–H groups in total.